The van der Waals surface area contributed by atoms with Crippen LogP contribution >= 0.6 is 12.2 Å². The maximum absolute atomic E-state index is 11.5. The van der Waals surface area contributed by atoms with Crippen LogP contribution in [0.3, 0.4) is 0 Å². The molecule has 2 atom stereocenters. The number of thiocarbonyl (C=S) groups is 1. The van der Waals surface area contributed by atoms with E-state index in [1.54, 1.807) is 0 Å². The van der Waals surface area contributed by atoms with E-state index < -0.39 is 0 Å². The summed E-state index contributed by atoms with van der Waals surface area (Å²) in [7, 11) is 0. The zero-order valence-corrected chi connectivity index (χ0v) is 11.2. The number of carbonyl (C=O) groups is 1. The number of aryl methyl sites for hydroxylation is 1. The minimum absolute atomic E-state index is 0.0451. The number of benzene rings is 1. The van der Waals surface area contributed by atoms with Crippen molar-refractivity contribution in [2.24, 2.45) is 0 Å². The number of para-hydroxylation sites is 1. The molecule has 1 saturated heterocycles. The van der Waals surface area contributed by atoms with Crippen molar-refractivity contribution in [1.82, 2.24) is 5.32 Å². The molecule has 1 heterocycles. The lowest BCUT2D eigenvalue weighted by Gasteiger charge is -2.14. The number of rotatable bonds is 2. The smallest absolute Gasteiger partial charge is 0.329 e. The summed E-state index contributed by atoms with van der Waals surface area (Å²) in [6, 6.07) is 7.50. The standard InChI is InChI=1S/C13H16N2O2S/c1-8-5-3-4-6-10(8)14-13(18)15-11-7-9(2)17-12(11)16/h3-6,9,11H,7H2,1-2H3,(H2,14,15,18)/t9-,11+/m1/s1. The molecule has 0 aliphatic carbocycles. The number of hydrogen-bond donors (Lipinski definition) is 2. The van der Waals surface area contributed by atoms with Gasteiger partial charge >= 0.3 is 5.97 Å². The van der Waals surface area contributed by atoms with Crippen LogP contribution in [0.15, 0.2) is 24.3 Å². The van der Waals surface area contributed by atoms with Crippen molar-refractivity contribution in [3.05, 3.63) is 29.8 Å². The summed E-state index contributed by atoms with van der Waals surface area (Å²) in [6.45, 7) is 3.87. The number of carbonyl (C=O) groups excluding carboxylic acids is 1. The average Bonchev–Trinajstić information content (AvgIpc) is 2.61. The van der Waals surface area contributed by atoms with Crippen LogP contribution in [0.4, 0.5) is 5.69 Å². The SMILES string of the molecule is Cc1ccccc1NC(=S)N[C@H]1C[C@@H](C)OC1=O. The fraction of sp³-hybridized carbons (Fsp3) is 0.385. The molecule has 1 fully saturated rings. The summed E-state index contributed by atoms with van der Waals surface area (Å²) in [5.41, 5.74) is 2.04. The second-order valence-corrected chi connectivity index (χ2v) is 4.86. The van der Waals surface area contributed by atoms with Gasteiger partial charge in [0, 0.05) is 12.1 Å². The molecule has 0 spiro atoms. The highest BCUT2D eigenvalue weighted by atomic mass is 32.1. The number of nitrogens with one attached hydrogen (secondary N) is 2. The Balaban J connectivity index is 1.94. The summed E-state index contributed by atoms with van der Waals surface area (Å²) in [5, 5.41) is 6.51. The van der Waals surface area contributed by atoms with Crippen LogP contribution in [0.25, 0.3) is 0 Å². The molecule has 0 aromatic heterocycles. The van der Waals surface area contributed by atoms with Crippen molar-refractivity contribution in [1.29, 1.82) is 0 Å². The fourth-order valence-electron chi connectivity index (χ4n) is 1.90. The first-order valence-electron chi connectivity index (χ1n) is 5.90. The lowest BCUT2D eigenvalue weighted by molar-refractivity contribution is -0.142. The normalized spacial score (nSPS) is 22.4. The van der Waals surface area contributed by atoms with Crippen LogP contribution in [-0.2, 0) is 9.53 Å². The molecule has 96 valence electrons. The third kappa shape index (κ3) is 2.98. The number of cyclic esters (lactones) is 1. The number of hydrogen-bond acceptors (Lipinski definition) is 3. The monoisotopic (exact) mass is 264 g/mol. The topological polar surface area (TPSA) is 50.4 Å². The first-order valence-corrected chi connectivity index (χ1v) is 6.30. The van der Waals surface area contributed by atoms with Gasteiger partial charge in [-0.15, -0.1) is 0 Å². The molecule has 1 aliphatic rings. The predicted molar refractivity (Wildman–Crippen MR) is 74.5 cm³/mol. The van der Waals surface area contributed by atoms with E-state index in [2.05, 4.69) is 10.6 Å². The molecule has 1 aromatic carbocycles. The van der Waals surface area contributed by atoms with Gasteiger partial charge in [0.1, 0.15) is 12.1 Å². The van der Waals surface area contributed by atoms with Crippen molar-refractivity contribution in [2.45, 2.75) is 32.4 Å². The van der Waals surface area contributed by atoms with Crippen LogP contribution in [-0.4, -0.2) is 23.2 Å². The van der Waals surface area contributed by atoms with Crippen molar-refractivity contribution in [3.8, 4) is 0 Å². The van der Waals surface area contributed by atoms with Gasteiger partial charge in [0.15, 0.2) is 5.11 Å². The fourth-order valence-corrected chi connectivity index (χ4v) is 2.16. The van der Waals surface area contributed by atoms with Gasteiger partial charge in [0.05, 0.1) is 0 Å². The maximum atomic E-state index is 11.5. The molecule has 5 heteroatoms. The van der Waals surface area contributed by atoms with E-state index >= 15 is 0 Å². The summed E-state index contributed by atoms with van der Waals surface area (Å²) in [4.78, 5) is 11.5. The predicted octanol–water partition coefficient (Wildman–Crippen LogP) is 1.99. The van der Waals surface area contributed by atoms with Gasteiger partial charge in [-0.3, -0.25) is 0 Å². The van der Waals surface area contributed by atoms with Gasteiger partial charge in [-0.25, -0.2) is 4.79 Å². The lowest BCUT2D eigenvalue weighted by Crippen LogP contribution is -2.40. The minimum Gasteiger partial charge on any atom is -0.461 e. The van der Waals surface area contributed by atoms with Crippen molar-refractivity contribution >= 4 is 29.0 Å². The molecule has 0 bridgehead atoms. The molecule has 2 N–H and O–H groups in total. The molecule has 18 heavy (non-hydrogen) atoms. The van der Waals surface area contributed by atoms with E-state index in [1.807, 2.05) is 38.1 Å². The zero-order valence-electron chi connectivity index (χ0n) is 10.4. The lowest BCUT2D eigenvalue weighted by atomic mass is 10.2. The number of ether oxygens (including phenoxy) is 1. The molecular formula is C13H16N2O2S. The zero-order chi connectivity index (χ0) is 13.1. The van der Waals surface area contributed by atoms with Gasteiger partial charge < -0.3 is 15.4 Å². The van der Waals surface area contributed by atoms with Crippen LogP contribution in [0.5, 0.6) is 0 Å². The summed E-state index contributed by atoms with van der Waals surface area (Å²) in [5.74, 6) is -0.239. The molecule has 2 rings (SSSR count). The summed E-state index contributed by atoms with van der Waals surface area (Å²) >= 11 is 5.19. The Kier molecular flexibility index (Phi) is 3.81. The second kappa shape index (κ2) is 5.35. The largest absolute Gasteiger partial charge is 0.461 e. The molecule has 4 nitrogen and oxygen atoms in total. The molecule has 0 unspecified atom stereocenters. The minimum atomic E-state index is -0.344. The maximum Gasteiger partial charge on any atom is 0.329 e. The molecule has 0 amide bonds. The van der Waals surface area contributed by atoms with E-state index in [0.29, 0.717) is 11.5 Å². The Labute approximate surface area is 112 Å². The van der Waals surface area contributed by atoms with Crippen LogP contribution in [0, 0.1) is 6.92 Å². The van der Waals surface area contributed by atoms with E-state index in [1.165, 1.54) is 0 Å². The Morgan fingerprint density at radius 1 is 1.44 bits per heavy atom. The van der Waals surface area contributed by atoms with Gasteiger partial charge in [-0.1, -0.05) is 18.2 Å². The van der Waals surface area contributed by atoms with E-state index in [0.717, 1.165) is 11.3 Å². The summed E-state index contributed by atoms with van der Waals surface area (Å²) in [6.07, 6.45) is 0.602. The third-order valence-corrected chi connectivity index (χ3v) is 3.09. The van der Waals surface area contributed by atoms with Crippen LogP contribution < -0.4 is 10.6 Å². The van der Waals surface area contributed by atoms with Gasteiger partial charge in [0.25, 0.3) is 0 Å². The van der Waals surface area contributed by atoms with Crippen LogP contribution in [0.2, 0.25) is 0 Å². The molecule has 0 radical (unpaired) electrons. The Morgan fingerprint density at radius 2 is 2.17 bits per heavy atom. The van der Waals surface area contributed by atoms with E-state index in [9.17, 15) is 4.79 Å². The molecular weight excluding hydrogens is 248 g/mol. The highest BCUT2D eigenvalue weighted by molar-refractivity contribution is 7.80. The average molecular weight is 264 g/mol. The molecule has 0 saturated carbocycles. The van der Waals surface area contributed by atoms with E-state index in [-0.39, 0.29) is 18.1 Å². The Morgan fingerprint density at radius 3 is 2.78 bits per heavy atom. The number of esters is 1. The third-order valence-electron chi connectivity index (χ3n) is 2.87. The first-order chi connectivity index (χ1) is 8.56. The first kappa shape index (κ1) is 12.8. The van der Waals surface area contributed by atoms with Crippen LogP contribution in [0.1, 0.15) is 18.9 Å². The van der Waals surface area contributed by atoms with E-state index in [4.69, 9.17) is 17.0 Å². The van der Waals surface area contributed by atoms with Gasteiger partial charge in [-0.2, -0.15) is 0 Å². The Bertz CT molecular complexity index is 476. The number of anilines is 1. The highest BCUT2D eigenvalue weighted by Gasteiger charge is 2.32. The summed E-state index contributed by atoms with van der Waals surface area (Å²) < 4.78 is 5.06. The molecule has 1 aliphatic heterocycles. The second-order valence-electron chi connectivity index (χ2n) is 4.45. The van der Waals surface area contributed by atoms with Crippen molar-refractivity contribution in [2.75, 3.05) is 5.32 Å². The molecule has 1 aromatic rings. The van der Waals surface area contributed by atoms with Gasteiger partial charge in [-0.05, 0) is 37.7 Å². The van der Waals surface area contributed by atoms with Crippen molar-refractivity contribution in [3.63, 3.8) is 0 Å². The van der Waals surface area contributed by atoms with Gasteiger partial charge in [0.2, 0.25) is 0 Å². The van der Waals surface area contributed by atoms with Crippen molar-refractivity contribution < 1.29 is 9.53 Å². The quantitative estimate of drug-likeness (QED) is 0.632. The highest BCUT2D eigenvalue weighted by Crippen LogP contribution is 2.16. The Hall–Kier alpha value is -1.62.